The number of hydrogen-bond donors (Lipinski definition) is 0. The SMILES string of the molecule is c1ccc(-c2ccc3c4ccc(-c5ccccc5)cc4n(B4c5ccccc5-n5c6cc(-c7ccccc7)ccc6c6ccc(-c7ccccc7)c4c65)c3c2)cc1. The fourth-order valence-electron chi connectivity index (χ4n) is 9.63. The summed E-state index contributed by atoms with van der Waals surface area (Å²) in [5.74, 6) is 0. The van der Waals surface area contributed by atoms with E-state index in [1.807, 2.05) is 0 Å². The van der Waals surface area contributed by atoms with Crippen LogP contribution < -0.4 is 10.9 Å². The molecule has 9 aromatic carbocycles. The van der Waals surface area contributed by atoms with Gasteiger partial charge >= 0.3 is 6.85 Å². The molecule has 2 nitrogen and oxygen atoms in total. The summed E-state index contributed by atoms with van der Waals surface area (Å²) in [6.07, 6.45) is 0. The second-order valence-electron chi connectivity index (χ2n) is 15.2. The predicted octanol–water partition coefficient (Wildman–Crippen LogP) is 12.5. The molecule has 264 valence electrons. The third-order valence-electron chi connectivity index (χ3n) is 12.2. The van der Waals surface area contributed by atoms with Crippen molar-refractivity contribution in [2.75, 3.05) is 0 Å². The molecule has 0 aliphatic carbocycles. The van der Waals surface area contributed by atoms with E-state index in [-0.39, 0.29) is 6.85 Å². The Morgan fingerprint density at radius 1 is 0.316 bits per heavy atom. The lowest BCUT2D eigenvalue weighted by Gasteiger charge is -2.30. The highest BCUT2D eigenvalue weighted by Crippen LogP contribution is 2.41. The first kappa shape index (κ1) is 31.9. The Balaban J connectivity index is 1.25. The zero-order chi connectivity index (χ0) is 37.5. The normalized spacial score (nSPS) is 12.2. The van der Waals surface area contributed by atoms with E-state index < -0.39 is 0 Å². The molecule has 0 N–H and O–H groups in total. The smallest absolute Gasteiger partial charge is 0.333 e. The van der Waals surface area contributed by atoms with Crippen LogP contribution in [0.2, 0.25) is 0 Å². The van der Waals surface area contributed by atoms with Crippen LogP contribution in [0.3, 0.4) is 0 Å². The molecule has 0 radical (unpaired) electrons. The Labute approximate surface area is 331 Å². The molecule has 0 bridgehead atoms. The molecule has 0 spiro atoms. The second-order valence-corrected chi connectivity index (χ2v) is 15.2. The predicted molar refractivity (Wildman–Crippen MR) is 242 cm³/mol. The zero-order valence-corrected chi connectivity index (χ0v) is 31.2. The molecule has 0 amide bonds. The average molecular weight is 723 g/mol. The molecule has 0 fully saturated rings. The minimum atomic E-state index is -0.123. The fraction of sp³-hybridized carbons (Fsp3) is 0. The van der Waals surface area contributed by atoms with Gasteiger partial charge in [-0.15, -0.1) is 0 Å². The van der Waals surface area contributed by atoms with E-state index in [4.69, 9.17) is 0 Å². The number of nitrogens with zero attached hydrogens (tertiary/aromatic N) is 2. The highest BCUT2D eigenvalue weighted by Gasteiger charge is 2.38. The van der Waals surface area contributed by atoms with Gasteiger partial charge < -0.3 is 9.05 Å². The van der Waals surface area contributed by atoms with E-state index >= 15 is 0 Å². The van der Waals surface area contributed by atoms with E-state index in [1.165, 1.54) is 105 Å². The number of para-hydroxylation sites is 1. The lowest BCUT2D eigenvalue weighted by Crippen LogP contribution is -2.53. The van der Waals surface area contributed by atoms with Crippen molar-refractivity contribution < 1.29 is 0 Å². The third-order valence-corrected chi connectivity index (χ3v) is 12.2. The summed E-state index contributed by atoms with van der Waals surface area (Å²) < 4.78 is 5.23. The molecule has 0 unspecified atom stereocenters. The summed E-state index contributed by atoms with van der Waals surface area (Å²) in [5.41, 5.74) is 18.5. The van der Waals surface area contributed by atoms with E-state index in [0.717, 1.165) is 0 Å². The Hall–Kier alpha value is -7.36. The van der Waals surface area contributed by atoms with Crippen LogP contribution >= 0.6 is 0 Å². The number of fused-ring (bicyclic) bond motifs is 8. The van der Waals surface area contributed by atoms with Crippen LogP contribution in [-0.4, -0.2) is 15.9 Å². The van der Waals surface area contributed by atoms with Crippen molar-refractivity contribution in [1.29, 1.82) is 0 Å². The summed E-state index contributed by atoms with van der Waals surface area (Å²) in [5, 5.41) is 5.05. The number of hydrogen-bond acceptors (Lipinski definition) is 0. The topological polar surface area (TPSA) is 9.86 Å². The highest BCUT2D eigenvalue weighted by molar-refractivity contribution is 6.89. The first-order chi connectivity index (χ1) is 28.3. The van der Waals surface area contributed by atoms with Gasteiger partial charge in [0.15, 0.2) is 0 Å². The van der Waals surface area contributed by atoms with Crippen LogP contribution in [-0.2, 0) is 0 Å². The Morgan fingerprint density at radius 3 is 1.26 bits per heavy atom. The number of rotatable bonds is 5. The third kappa shape index (κ3) is 4.86. The molecule has 1 aliphatic rings. The largest absolute Gasteiger partial charge is 0.376 e. The summed E-state index contributed by atoms with van der Waals surface area (Å²) in [4.78, 5) is 0. The Bertz CT molecular complexity index is 3230. The molecule has 12 rings (SSSR count). The van der Waals surface area contributed by atoms with Gasteiger partial charge in [-0.2, -0.15) is 0 Å². The summed E-state index contributed by atoms with van der Waals surface area (Å²) >= 11 is 0. The van der Waals surface area contributed by atoms with Crippen LogP contribution in [0.25, 0.3) is 93.8 Å². The van der Waals surface area contributed by atoms with E-state index in [9.17, 15) is 0 Å². The first-order valence-corrected chi connectivity index (χ1v) is 19.8. The van der Waals surface area contributed by atoms with Crippen molar-refractivity contribution in [2.45, 2.75) is 0 Å². The van der Waals surface area contributed by atoms with Gasteiger partial charge in [-0.05, 0) is 79.7 Å². The van der Waals surface area contributed by atoms with Gasteiger partial charge in [0.2, 0.25) is 0 Å². The maximum absolute atomic E-state index is 2.67. The molecule has 0 atom stereocenters. The molecule has 3 heterocycles. The molecule has 11 aromatic rings. The van der Waals surface area contributed by atoms with Crippen molar-refractivity contribution in [2.24, 2.45) is 0 Å². The van der Waals surface area contributed by atoms with Gasteiger partial charge in [0.1, 0.15) is 0 Å². The van der Waals surface area contributed by atoms with Gasteiger partial charge in [0.25, 0.3) is 0 Å². The van der Waals surface area contributed by atoms with Gasteiger partial charge in [0.05, 0.1) is 11.0 Å². The molecule has 57 heavy (non-hydrogen) atoms. The second kappa shape index (κ2) is 12.6. The van der Waals surface area contributed by atoms with Crippen LogP contribution in [0.5, 0.6) is 0 Å². The molecule has 3 heteroatoms. The van der Waals surface area contributed by atoms with Crippen LogP contribution in [0.1, 0.15) is 0 Å². The minimum Gasteiger partial charge on any atom is -0.376 e. The van der Waals surface area contributed by atoms with Crippen LogP contribution in [0, 0.1) is 0 Å². The lowest BCUT2D eigenvalue weighted by molar-refractivity contribution is 1.18. The minimum absolute atomic E-state index is 0.123. The van der Waals surface area contributed by atoms with Crippen LogP contribution in [0.4, 0.5) is 0 Å². The van der Waals surface area contributed by atoms with Crippen molar-refractivity contribution in [3.8, 4) is 50.2 Å². The van der Waals surface area contributed by atoms with E-state index in [2.05, 4.69) is 221 Å². The molecular formula is C54H35BN2. The van der Waals surface area contributed by atoms with Gasteiger partial charge in [-0.1, -0.05) is 188 Å². The molecule has 0 saturated heterocycles. The fourth-order valence-corrected chi connectivity index (χ4v) is 9.63. The molecular weight excluding hydrogens is 687 g/mol. The van der Waals surface area contributed by atoms with E-state index in [1.54, 1.807) is 0 Å². The van der Waals surface area contributed by atoms with Crippen molar-refractivity contribution in [3.63, 3.8) is 0 Å². The van der Waals surface area contributed by atoms with Gasteiger partial charge in [-0.3, -0.25) is 0 Å². The zero-order valence-electron chi connectivity index (χ0n) is 31.2. The summed E-state index contributed by atoms with van der Waals surface area (Å²) in [7, 11) is 0. The summed E-state index contributed by atoms with van der Waals surface area (Å²) in [6, 6.07) is 78.3. The van der Waals surface area contributed by atoms with E-state index in [0.29, 0.717) is 0 Å². The van der Waals surface area contributed by atoms with Crippen molar-refractivity contribution in [1.82, 2.24) is 9.05 Å². The van der Waals surface area contributed by atoms with Crippen LogP contribution in [0.15, 0.2) is 212 Å². The Kier molecular flexibility index (Phi) is 7.06. The maximum Gasteiger partial charge on any atom is 0.333 e. The van der Waals surface area contributed by atoms with Crippen molar-refractivity contribution >= 4 is 61.4 Å². The Morgan fingerprint density at radius 2 is 0.737 bits per heavy atom. The number of aromatic nitrogens is 2. The summed E-state index contributed by atoms with van der Waals surface area (Å²) in [6.45, 7) is -0.123. The molecule has 2 aromatic heterocycles. The highest BCUT2D eigenvalue weighted by atomic mass is 15.0. The monoisotopic (exact) mass is 722 g/mol. The standard InChI is InChI=1S/C54H35BN2/c1-5-15-36(16-6-1)40-27-30-46-47-32-31-43(39-21-11-4-12-22-39)53-54(47)56(50(46)33-40)49-24-14-13-23-48(49)55(53)57-51-34-41(37-17-7-2-8-18-37)25-28-44(51)45-29-26-42(35-52(45)57)38-19-9-3-10-20-38/h1-35H. The van der Waals surface area contributed by atoms with Gasteiger partial charge in [0, 0.05) is 38.3 Å². The van der Waals surface area contributed by atoms with Gasteiger partial charge in [-0.25, -0.2) is 0 Å². The van der Waals surface area contributed by atoms with Crippen molar-refractivity contribution in [3.05, 3.63) is 212 Å². The number of benzene rings is 9. The average Bonchev–Trinajstić information content (AvgIpc) is 3.80. The maximum atomic E-state index is 2.67. The quantitative estimate of drug-likeness (QED) is 0.157. The first-order valence-electron chi connectivity index (χ1n) is 19.8. The molecule has 0 saturated carbocycles. The lowest BCUT2D eigenvalue weighted by atomic mass is 9.46. The molecule has 1 aliphatic heterocycles.